The predicted octanol–water partition coefficient (Wildman–Crippen LogP) is 16.2. The Labute approximate surface area is 395 Å². The SMILES string of the molecule is CCCCCCCCN(CCCCCC)c1ccc(-c2cc(OC)c(C(C#N)c3c(OC)cc(-c4ccc(N(CCCCCC)CCCCCCCC)cc4)cc3OC)c(OC)c2)cc1. The van der Waals surface area contributed by atoms with Crippen molar-refractivity contribution in [3.63, 3.8) is 0 Å². The summed E-state index contributed by atoms with van der Waals surface area (Å²) >= 11 is 0. The van der Waals surface area contributed by atoms with Gasteiger partial charge in [0.05, 0.1) is 45.6 Å². The number of hydrogen-bond donors (Lipinski definition) is 0. The molecule has 0 amide bonds. The van der Waals surface area contributed by atoms with E-state index in [1.165, 1.54) is 140 Å². The minimum atomic E-state index is -0.802. The van der Waals surface area contributed by atoms with Crippen molar-refractivity contribution < 1.29 is 18.9 Å². The van der Waals surface area contributed by atoms with Crippen LogP contribution >= 0.6 is 0 Å². The van der Waals surface area contributed by atoms with Crippen LogP contribution in [0.15, 0.2) is 72.8 Å². The van der Waals surface area contributed by atoms with Gasteiger partial charge in [0, 0.05) is 37.6 Å². The third-order valence-corrected chi connectivity index (χ3v) is 13.1. The molecule has 0 spiro atoms. The molecule has 0 aliphatic heterocycles. The summed E-state index contributed by atoms with van der Waals surface area (Å²) in [7, 11) is 6.61. The molecule has 0 atom stereocenters. The maximum Gasteiger partial charge on any atom is 0.128 e. The highest BCUT2D eigenvalue weighted by atomic mass is 16.5. The van der Waals surface area contributed by atoms with Crippen molar-refractivity contribution in [2.24, 2.45) is 0 Å². The average molecular weight is 888 g/mol. The van der Waals surface area contributed by atoms with E-state index >= 15 is 0 Å². The van der Waals surface area contributed by atoms with Crippen LogP contribution in [0.25, 0.3) is 22.3 Å². The minimum Gasteiger partial charge on any atom is -0.496 e. The fourth-order valence-electron chi connectivity index (χ4n) is 9.15. The van der Waals surface area contributed by atoms with Gasteiger partial charge in [0.1, 0.15) is 28.9 Å². The van der Waals surface area contributed by atoms with Gasteiger partial charge in [-0.25, -0.2) is 0 Å². The zero-order chi connectivity index (χ0) is 46.7. The lowest BCUT2D eigenvalue weighted by Gasteiger charge is -2.26. The van der Waals surface area contributed by atoms with Crippen molar-refractivity contribution in [1.29, 1.82) is 5.26 Å². The fourth-order valence-corrected chi connectivity index (χ4v) is 9.15. The summed E-state index contributed by atoms with van der Waals surface area (Å²) in [5.74, 6) is 1.47. The Morgan fingerprint density at radius 3 is 0.908 bits per heavy atom. The van der Waals surface area contributed by atoms with E-state index in [0.29, 0.717) is 34.1 Å². The van der Waals surface area contributed by atoms with Gasteiger partial charge in [-0.1, -0.05) is 155 Å². The average Bonchev–Trinajstić information content (AvgIpc) is 3.35. The number of nitrogens with zero attached hydrogens (tertiary/aromatic N) is 3. The lowest BCUT2D eigenvalue weighted by atomic mass is 9.87. The van der Waals surface area contributed by atoms with E-state index in [1.54, 1.807) is 28.4 Å². The molecule has 0 aliphatic carbocycles. The normalized spacial score (nSPS) is 11.1. The Morgan fingerprint density at radius 2 is 0.646 bits per heavy atom. The summed E-state index contributed by atoms with van der Waals surface area (Å²) in [4.78, 5) is 5.15. The molecule has 0 aliphatic rings. The Morgan fingerprint density at radius 1 is 0.385 bits per heavy atom. The van der Waals surface area contributed by atoms with Crippen LogP contribution in [-0.2, 0) is 0 Å². The van der Waals surface area contributed by atoms with Gasteiger partial charge in [-0.3, -0.25) is 0 Å². The first-order valence-corrected chi connectivity index (χ1v) is 25.5. The first-order chi connectivity index (χ1) is 31.9. The molecule has 7 nitrogen and oxygen atoms in total. The third-order valence-electron chi connectivity index (χ3n) is 13.1. The number of unbranched alkanes of at least 4 members (excludes halogenated alkanes) is 16. The molecule has 4 aromatic carbocycles. The maximum atomic E-state index is 11.0. The topological polar surface area (TPSA) is 67.2 Å². The molecule has 0 heterocycles. The molecule has 0 aromatic heterocycles. The van der Waals surface area contributed by atoms with Gasteiger partial charge in [0.25, 0.3) is 0 Å². The van der Waals surface area contributed by atoms with Gasteiger partial charge >= 0.3 is 0 Å². The van der Waals surface area contributed by atoms with Crippen molar-refractivity contribution in [3.8, 4) is 51.3 Å². The van der Waals surface area contributed by atoms with Crippen molar-refractivity contribution in [2.75, 3.05) is 64.4 Å². The van der Waals surface area contributed by atoms with Crippen molar-refractivity contribution >= 4 is 11.4 Å². The number of hydrogen-bond acceptors (Lipinski definition) is 7. The minimum absolute atomic E-state index is 0.569. The zero-order valence-electron chi connectivity index (χ0n) is 42.0. The highest BCUT2D eigenvalue weighted by molar-refractivity contribution is 5.75. The molecule has 0 N–H and O–H groups in total. The number of methoxy groups -OCH3 is 4. The molecule has 0 saturated carbocycles. The molecule has 0 saturated heterocycles. The molecule has 356 valence electrons. The maximum absolute atomic E-state index is 11.0. The van der Waals surface area contributed by atoms with E-state index in [1.807, 2.05) is 24.3 Å². The molecular weight excluding hydrogens is 803 g/mol. The van der Waals surface area contributed by atoms with Crippen LogP contribution in [0.1, 0.15) is 173 Å². The summed E-state index contributed by atoms with van der Waals surface area (Å²) in [6.07, 6.45) is 25.6. The van der Waals surface area contributed by atoms with Crippen LogP contribution < -0.4 is 28.7 Å². The fraction of sp³-hybridized carbons (Fsp3) is 0.569. The third kappa shape index (κ3) is 16.2. The predicted molar refractivity (Wildman–Crippen MR) is 277 cm³/mol. The first kappa shape index (κ1) is 52.8. The van der Waals surface area contributed by atoms with Crippen LogP contribution in [0.4, 0.5) is 11.4 Å². The molecule has 0 radical (unpaired) electrons. The first-order valence-electron chi connectivity index (χ1n) is 25.5. The number of rotatable bonds is 34. The molecule has 0 unspecified atom stereocenters. The van der Waals surface area contributed by atoms with Gasteiger partial charge in [0.15, 0.2) is 0 Å². The van der Waals surface area contributed by atoms with Gasteiger partial charge in [-0.05, 0) is 96.5 Å². The van der Waals surface area contributed by atoms with Crippen LogP contribution in [0.3, 0.4) is 0 Å². The lowest BCUT2D eigenvalue weighted by Crippen LogP contribution is -2.25. The van der Waals surface area contributed by atoms with E-state index < -0.39 is 5.92 Å². The van der Waals surface area contributed by atoms with Crippen LogP contribution in [-0.4, -0.2) is 54.6 Å². The highest BCUT2D eigenvalue weighted by Crippen LogP contribution is 2.48. The molecular formula is C58H85N3O4. The second-order valence-corrected chi connectivity index (χ2v) is 17.9. The Hall–Kier alpha value is -4.83. The molecule has 0 bridgehead atoms. The number of ether oxygens (including phenoxy) is 4. The summed E-state index contributed by atoms with van der Waals surface area (Å²) in [6.45, 7) is 13.4. The van der Waals surface area contributed by atoms with E-state index in [2.05, 4.69) is 92.1 Å². The standard InChI is InChI=1S/C58H85N3O4/c1-9-13-17-21-23-27-39-60(37-25-19-15-11-3)50-33-29-46(30-34-50)48-41-53(62-5)57(54(42-48)63-6)52(45-59)58-55(64-7)43-49(44-56(58)65-8)47-31-35-51(36-32-47)61(38-26-20-16-12-4)40-28-24-22-18-14-10-2/h29-36,41-44,52H,9-28,37-40H2,1-8H3. The number of anilines is 2. The molecule has 65 heavy (non-hydrogen) atoms. The summed E-state index contributed by atoms with van der Waals surface area (Å²) in [5, 5.41) is 11.0. The van der Waals surface area contributed by atoms with E-state index in [0.717, 1.165) is 48.4 Å². The summed E-state index contributed by atoms with van der Waals surface area (Å²) in [5.41, 5.74) is 7.83. The van der Waals surface area contributed by atoms with Gasteiger partial charge in [0.2, 0.25) is 0 Å². The molecule has 4 rings (SSSR count). The second kappa shape index (κ2) is 30.4. The Kier molecular flexibility index (Phi) is 24.7. The summed E-state index contributed by atoms with van der Waals surface area (Å²) < 4.78 is 24.4. The van der Waals surface area contributed by atoms with E-state index in [4.69, 9.17) is 18.9 Å². The van der Waals surface area contributed by atoms with E-state index in [9.17, 15) is 5.26 Å². The lowest BCUT2D eigenvalue weighted by molar-refractivity contribution is 0.375. The van der Waals surface area contributed by atoms with Crippen molar-refractivity contribution in [3.05, 3.63) is 83.9 Å². The van der Waals surface area contributed by atoms with Crippen LogP contribution in [0.2, 0.25) is 0 Å². The van der Waals surface area contributed by atoms with Gasteiger partial charge in [-0.2, -0.15) is 5.26 Å². The smallest absolute Gasteiger partial charge is 0.128 e. The van der Waals surface area contributed by atoms with E-state index in [-0.39, 0.29) is 0 Å². The quantitative estimate of drug-likeness (QED) is 0.0433. The number of nitriles is 1. The van der Waals surface area contributed by atoms with Crippen molar-refractivity contribution in [2.45, 2.75) is 162 Å². The van der Waals surface area contributed by atoms with Crippen LogP contribution in [0, 0.1) is 11.3 Å². The molecule has 0 fully saturated rings. The largest absolute Gasteiger partial charge is 0.496 e. The van der Waals surface area contributed by atoms with Crippen LogP contribution in [0.5, 0.6) is 23.0 Å². The van der Waals surface area contributed by atoms with Crippen molar-refractivity contribution in [1.82, 2.24) is 0 Å². The highest BCUT2D eigenvalue weighted by Gasteiger charge is 2.30. The Balaban J connectivity index is 1.61. The van der Waals surface area contributed by atoms with Gasteiger partial charge in [-0.15, -0.1) is 0 Å². The van der Waals surface area contributed by atoms with Gasteiger partial charge < -0.3 is 28.7 Å². The number of benzene rings is 4. The zero-order valence-corrected chi connectivity index (χ0v) is 42.0. The second-order valence-electron chi connectivity index (χ2n) is 17.9. The Bertz CT molecular complexity index is 1770. The molecule has 4 aromatic rings. The monoisotopic (exact) mass is 888 g/mol. The summed E-state index contributed by atoms with van der Waals surface area (Å²) in [6, 6.07) is 28.4. The molecule has 7 heteroatoms.